The molecular formula is C13H18IN3O. The molecule has 1 atom stereocenters. The van der Waals surface area contributed by atoms with E-state index in [2.05, 4.69) is 32.8 Å². The topological polar surface area (TPSA) is 58.4 Å². The lowest BCUT2D eigenvalue weighted by Gasteiger charge is -2.22. The van der Waals surface area contributed by atoms with Crippen molar-refractivity contribution in [1.29, 1.82) is 0 Å². The van der Waals surface area contributed by atoms with E-state index in [4.69, 9.17) is 5.73 Å². The summed E-state index contributed by atoms with van der Waals surface area (Å²) in [5.41, 5.74) is 6.55. The molecule has 1 fully saturated rings. The van der Waals surface area contributed by atoms with E-state index in [9.17, 15) is 4.79 Å². The van der Waals surface area contributed by atoms with Crippen molar-refractivity contribution >= 4 is 34.2 Å². The number of nitrogens with zero attached hydrogens (tertiary/aromatic N) is 1. The lowest BCUT2D eigenvalue weighted by molar-refractivity contribution is -0.117. The maximum absolute atomic E-state index is 11.9. The van der Waals surface area contributed by atoms with Crippen molar-refractivity contribution in [3.05, 3.63) is 27.8 Å². The first-order valence-corrected chi connectivity index (χ1v) is 7.26. The van der Waals surface area contributed by atoms with Gasteiger partial charge in [-0.05, 0) is 60.2 Å². The molecule has 0 aromatic heterocycles. The van der Waals surface area contributed by atoms with Gasteiger partial charge in [-0.3, -0.25) is 9.69 Å². The molecule has 2 rings (SSSR count). The molecule has 1 heterocycles. The van der Waals surface area contributed by atoms with Gasteiger partial charge >= 0.3 is 0 Å². The second-order valence-corrected chi connectivity index (χ2v) is 5.81. The number of halogens is 1. The minimum absolute atomic E-state index is 0.0392. The number of carbonyl (C=O) groups is 1. The number of hydrogen-bond donors (Lipinski definition) is 2. The van der Waals surface area contributed by atoms with Gasteiger partial charge in [-0.2, -0.15) is 0 Å². The SMILES string of the molecule is NCC1CCCN1CC(=O)Nc1cccc(I)c1. The molecule has 0 spiro atoms. The quantitative estimate of drug-likeness (QED) is 0.804. The highest BCUT2D eigenvalue weighted by Gasteiger charge is 2.24. The Bertz CT molecular complexity index is 424. The third-order valence-corrected chi connectivity index (χ3v) is 3.90. The zero-order chi connectivity index (χ0) is 13.0. The van der Waals surface area contributed by atoms with Crippen molar-refractivity contribution in [3.63, 3.8) is 0 Å². The van der Waals surface area contributed by atoms with Gasteiger partial charge in [0.2, 0.25) is 5.91 Å². The minimum Gasteiger partial charge on any atom is -0.329 e. The highest BCUT2D eigenvalue weighted by Crippen LogP contribution is 2.16. The van der Waals surface area contributed by atoms with Gasteiger partial charge in [-0.15, -0.1) is 0 Å². The van der Waals surface area contributed by atoms with Crippen LogP contribution in [0.5, 0.6) is 0 Å². The molecule has 98 valence electrons. The van der Waals surface area contributed by atoms with E-state index >= 15 is 0 Å². The minimum atomic E-state index is 0.0392. The number of anilines is 1. The van der Waals surface area contributed by atoms with Crippen molar-refractivity contribution in [2.45, 2.75) is 18.9 Å². The summed E-state index contributed by atoms with van der Waals surface area (Å²) in [5, 5.41) is 2.93. The molecule has 1 aromatic rings. The summed E-state index contributed by atoms with van der Waals surface area (Å²) >= 11 is 2.23. The predicted octanol–water partition coefficient (Wildman–Crippen LogP) is 1.65. The van der Waals surface area contributed by atoms with Crippen LogP contribution in [0.4, 0.5) is 5.69 Å². The first-order chi connectivity index (χ1) is 8.69. The summed E-state index contributed by atoms with van der Waals surface area (Å²) in [6.07, 6.45) is 2.24. The van der Waals surface area contributed by atoms with E-state index in [1.165, 1.54) is 0 Å². The smallest absolute Gasteiger partial charge is 0.238 e. The van der Waals surface area contributed by atoms with Crippen molar-refractivity contribution in [2.75, 3.05) is 25.0 Å². The summed E-state index contributed by atoms with van der Waals surface area (Å²) in [5.74, 6) is 0.0392. The van der Waals surface area contributed by atoms with Crippen LogP contribution in [0, 0.1) is 3.57 Å². The molecule has 0 bridgehead atoms. The summed E-state index contributed by atoms with van der Waals surface area (Å²) in [7, 11) is 0. The van der Waals surface area contributed by atoms with Gasteiger partial charge < -0.3 is 11.1 Å². The molecule has 18 heavy (non-hydrogen) atoms. The van der Waals surface area contributed by atoms with Gasteiger partial charge in [0.15, 0.2) is 0 Å². The van der Waals surface area contributed by atoms with Crippen LogP contribution in [-0.2, 0) is 4.79 Å². The molecule has 5 heteroatoms. The Hall–Kier alpha value is -0.660. The third-order valence-electron chi connectivity index (χ3n) is 3.23. The molecule has 1 aliphatic heterocycles. The molecule has 0 aliphatic carbocycles. The highest BCUT2D eigenvalue weighted by atomic mass is 127. The van der Waals surface area contributed by atoms with E-state index in [0.29, 0.717) is 19.1 Å². The van der Waals surface area contributed by atoms with Crippen LogP contribution in [0.1, 0.15) is 12.8 Å². The van der Waals surface area contributed by atoms with Gasteiger partial charge in [-0.1, -0.05) is 6.07 Å². The Morgan fingerprint density at radius 2 is 2.39 bits per heavy atom. The molecular weight excluding hydrogens is 341 g/mol. The molecule has 0 radical (unpaired) electrons. The van der Waals surface area contributed by atoms with E-state index < -0.39 is 0 Å². The van der Waals surface area contributed by atoms with Crippen LogP contribution in [0.3, 0.4) is 0 Å². The Kier molecular flexibility index (Phi) is 4.96. The van der Waals surface area contributed by atoms with Gasteiger partial charge in [-0.25, -0.2) is 0 Å². The molecule has 1 aromatic carbocycles. The van der Waals surface area contributed by atoms with Crippen LogP contribution in [0.25, 0.3) is 0 Å². The van der Waals surface area contributed by atoms with Crippen molar-refractivity contribution < 1.29 is 4.79 Å². The number of nitrogens with two attached hydrogens (primary N) is 1. The molecule has 1 aliphatic rings. The number of rotatable bonds is 4. The molecule has 4 nitrogen and oxygen atoms in total. The van der Waals surface area contributed by atoms with Gasteiger partial charge in [0.1, 0.15) is 0 Å². The van der Waals surface area contributed by atoms with Crippen molar-refractivity contribution in [2.24, 2.45) is 5.73 Å². The zero-order valence-corrected chi connectivity index (χ0v) is 12.4. The third kappa shape index (κ3) is 3.66. The Labute approximate surface area is 121 Å². The van der Waals surface area contributed by atoms with Gasteiger partial charge in [0.25, 0.3) is 0 Å². The number of benzene rings is 1. The van der Waals surface area contributed by atoms with Crippen molar-refractivity contribution in [3.8, 4) is 0 Å². The van der Waals surface area contributed by atoms with Crippen LogP contribution >= 0.6 is 22.6 Å². The fourth-order valence-electron chi connectivity index (χ4n) is 2.32. The second kappa shape index (κ2) is 6.49. The normalized spacial score (nSPS) is 20.0. The molecule has 0 saturated carbocycles. The Morgan fingerprint density at radius 1 is 1.56 bits per heavy atom. The van der Waals surface area contributed by atoms with Gasteiger partial charge in [0, 0.05) is 21.8 Å². The van der Waals surface area contributed by atoms with Crippen molar-refractivity contribution in [1.82, 2.24) is 4.90 Å². The lowest BCUT2D eigenvalue weighted by atomic mass is 10.2. The largest absolute Gasteiger partial charge is 0.329 e. The van der Waals surface area contributed by atoms with E-state index in [0.717, 1.165) is 28.6 Å². The number of amides is 1. The van der Waals surface area contributed by atoms with Crippen LogP contribution in [0.15, 0.2) is 24.3 Å². The first kappa shape index (κ1) is 13.8. The molecule has 1 unspecified atom stereocenters. The fourth-order valence-corrected chi connectivity index (χ4v) is 2.86. The standard InChI is InChI=1S/C13H18IN3O/c14-10-3-1-4-11(7-10)16-13(18)9-17-6-2-5-12(17)8-15/h1,3-4,7,12H,2,5-6,8-9,15H2,(H,16,18). The van der Waals surface area contributed by atoms with Gasteiger partial charge in [0.05, 0.1) is 6.54 Å². The maximum atomic E-state index is 11.9. The monoisotopic (exact) mass is 359 g/mol. The number of nitrogens with one attached hydrogen (secondary N) is 1. The average molecular weight is 359 g/mol. The molecule has 1 saturated heterocycles. The second-order valence-electron chi connectivity index (χ2n) is 4.56. The predicted molar refractivity (Wildman–Crippen MR) is 81.4 cm³/mol. The number of likely N-dealkylation sites (tertiary alicyclic amines) is 1. The fraction of sp³-hybridized carbons (Fsp3) is 0.462. The Balaban J connectivity index is 1.89. The maximum Gasteiger partial charge on any atom is 0.238 e. The summed E-state index contributed by atoms with van der Waals surface area (Å²) < 4.78 is 1.12. The van der Waals surface area contributed by atoms with Crippen LogP contribution in [-0.4, -0.2) is 36.5 Å². The van der Waals surface area contributed by atoms with E-state index in [-0.39, 0.29) is 5.91 Å². The molecule has 1 amide bonds. The highest BCUT2D eigenvalue weighted by molar-refractivity contribution is 14.1. The summed E-state index contributed by atoms with van der Waals surface area (Å²) in [4.78, 5) is 14.1. The van der Waals surface area contributed by atoms with E-state index in [1.54, 1.807) is 0 Å². The summed E-state index contributed by atoms with van der Waals surface area (Å²) in [6, 6.07) is 8.18. The Morgan fingerprint density at radius 3 is 3.11 bits per heavy atom. The lowest BCUT2D eigenvalue weighted by Crippen LogP contribution is -2.40. The number of hydrogen-bond acceptors (Lipinski definition) is 3. The zero-order valence-electron chi connectivity index (χ0n) is 10.2. The summed E-state index contributed by atoms with van der Waals surface area (Å²) in [6.45, 7) is 2.05. The van der Waals surface area contributed by atoms with Crippen LogP contribution < -0.4 is 11.1 Å². The first-order valence-electron chi connectivity index (χ1n) is 6.18. The van der Waals surface area contributed by atoms with E-state index in [1.807, 2.05) is 24.3 Å². The van der Waals surface area contributed by atoms with Crippen LogP contribution in [0.2, 0.25) is 0 Å². The molecule has 3 N–H and O–H groups in total. The number of carbonyl (C=O) groups excluding carboxylic acids is 1. The average Bonchev–Trinajstić information content (AvgIpc) is 2.76.